The number of para-hydroxylation sites is 1. The Morgan fingerprint density at radius 2 is 1.27 bits per heavy atom. The van der Waals surface area contributed by atoms with Gasteiger partial charge in [0.15, 0.2) is 29.4 Å². The van der Waals surface area contributed by atoms with Crippen molar-refractivity contribution in [3.05, 3.63) is 181 Å². The Kier molecular flexibility index (Phi) is 7.41. The molecule has 0 saturated carbocycles. The molecule has 7 nitrogen and oxygen atoms in total. The van der Waals surface area contributed by atoms with Crippen LogP contribution >= 0.6 is 11.8 Å². The Labute approximate surface area is 320 Å². The fraction of sp³-hybridized carbons (Fsp3) is 0.0426. The number of benzene rings is 6. The first-order valence-electron chi connectivity index (χ1n) is 18.2. The van der Waals surface area contributed by atoms with Gasteiger partial charge >= 0.3 is 0 Å². The third kappa shape index (κ3) is 5.57. The molecule has 0 amide bonds. The van der Waals surface area contributed by atoms with Gasteiger partial charge in [-0.15, -0.1) is 0 Å². The molecule has 0 N–H and O–H groups in total. The van der Waals surface area contributed by atoms with Crippen molar-refractivity contribution in [2.24, 2.45) is 4.99 Å². The van der Waals surface area contributed by atoms with Crippen LogP contribution in [0.15, 0.2) is 179 Å². The number of aromatic nitrogens is 5. The van der Waals surface area contributed by atoms with Gasteiger partial charge in [-0.05, 0) is 66.1 Å². The predicted octanol–water partition coefficient (Wildman–Crippen LogP) is 11.3. The summed E-state index contributed by atoms with van der Waals surface area (Å²) in [5.41, 5.74) is 12.3. The summed E-state index contributed by atoms with van der Waals surface area (Å²) in [5.74, 6) is 1.97. The SMILES string of the molecule is C1=C(c2nc(-c3ccccc3)nc(-c3ccccc3)n2)C=C2N=C(c3cccc(-c4ccc5c(c4)c4ccccc4n5-c4ccc5ocnc5c4)c3)SC2C1. The molecular formula is C47H30N6OS. The van der Waals surface area contributed by atoms with Gasteiger partial charge in [0.05, 0.1) is 22.0 Å². The molecule has 11 rings (SSSR count). The Bertz CT molecular complexity index is 2990. The zero-order valence-corrected chi connectivity index (χ0v) is 30.2. The number of rotatable bonds is 6. The molecule has 0 radical (unpaired) electrons. The summed E-state index contributed by atoms with van der Waals surface area (Å²) in [4.78, 5) is 24.4. The van der Waals surface area contributed by atoms with Crippen molar-refractivity contribution in [2.45, 2.75) is 11.7 Å². The smallest absolute Gasteiger partial charge is 0.181 e. The monoisotopic (exact) mass is 726 g/mol. The van der Waals surface area contributed by atoms with Crippen LogP contribution in [0.3, 0.4) is 0 Å². The predicted molar refractivity (Wildman–Crippen MR) is 223 cm³/mol. The Morgan fingerprint density at radius 3 is 2.09 bits per heavy atom. The summed E-state index contributed by atoms with van der Waals surface area (Å²) in [6.07, 6.45) is 6.73. The molecule has 0 saturated heterocycles. The van der Waals surface area contributed by atoms with Gasteiger partial charge in [-0.3, -0.25) is 0 Å². The third-order valence-electron chi connectivity index (χ3n) is 10.3. The second-order valence-corrected chi connectivity index (χ2v) is 14.9. The Morgan fingerprint density at radius 1 is 0.582 bits per heavy atom. The van der Waals surface area contributed by atoms with Crippen LogP contribution in [-0.2, 0) is 0 Å². The van der Waals surface area contributed by atoms with E-state index in [9.17, 15) is 0 Å². The molecule has 0 fully saturated rings. The first-order chi connectivity index (χ1) is 27.2. The lowest BCUT2D eigenvalue weighted by atomic mass is 10.0. The summed E-state index contributed by atoms with van der Waals surface area (Å²) in [6, 6.07) is 50.4. The van der Waals surface area contributed by atoms with E-state index >= 15 is 0 Å². The molecule has 6 aromatic carbocycles. The zero-order chi connectivity index (χ0) is 36.3. The molecule has 9 aromatic rings. The van der Waals surface area contributed by atoms with Gasteiger partial charge in [0.2, 0.25) is 0 Å². The summed E-state index contributed by atoms with van der Waals surface area (Å²) in [5, 5.41) is 3.67. The molecule has 1 aliphatic heterocycles. The van der Waals surface area contributed by atoms with Crippen molar-refractivity contribution in [1.29, 1.82) is 0 Å². The van der Waals surface area contributed by atoms with Crippen LogP contribution in [0.2, 0.25) is 0 Å². The highest BCUT2D eigenvalue weighted by Gasteiger charge is 2.29. The van der Waals surface area contributed by atoms with Gasteiger partial charge in [0, 0.05) is 38.7 Å². The van der Waals surface area contributed by atoms with Crippen LogP contribution in [0.5, 0.6) is 0 Å². The number of oxazole rings is 1. The zero-order valence-electron chi connectivity index (χ0n) is 29.4. The minimum absolute atomic E-state index is 0.241. The maximum Gasteiger partial charge on any atom is 0.181 e. The van der Waals surface area contributed by atoms with Crippen LogP contribution in [0.25, 0.3) is 78.1 Å². The molecule has 1 atom stereocenters. The fourth-order valence-electron chi connectivity index (χ4n) is 7.63. The van der Waals surface area contributed by atoms with Gasteiger partial charge in [0.1, 0.15) is 10.6 Å². The van der Waals surface area contributed by atoms with Crippen LogP contribution < -0.4 is 0 Å². The number of hydrogen-bond donors (Lipinski definition) is 0. The second kappa shape index (κ2) is 12.9. The van der Waals surface area contributed by atoms with Crippen LogP contribution in [0.1, 0.15) is 17.8 Å². The summed E-state index contributed by atoms with van der Waals surface area (Å²) >= 11 is 1.82. The quantitative estimate of drug-likeness (QED) is 0.170. The van der Waals surface area contributed by atoms with Crippen molar-refractivity contribution in [2.75, 3.05) is 0 Å². The van der Waals surface area contributed by atoms with Gasteiger partial charge in [-0.2, -0.15) is 0 Å². The van der Waals surface area contributed by atoms with E-state index in [1.165, 1.54) is 17.2 Å². The molecule has 55 heavy (non-hydrogen) atoms. The third-order valence-corrected chi connectivity index (χ3v) is 11.6. The van der Waals surface area contributed by atoms with Crippen LogP contribution in [-0.4, -0.2) is 34.8 Å². The van der Waals surface area contributed by atoms with Crippen molar-refractivity contribution in [3.63, 3.8) is 0 Å². The van der Waals surface area contributed by atoms with Crippen LogP contribution in [0.4, 0.5) is 0 Å². The first kappa shape index (κ1) is 31.6. The number of thioether (sulfide) groups is 1. The highest BCUT2D eigenvalue weighted by molar-refractivity contribution is 8.15. The van der Waals surface area contributed by atoms with E-state index in [4.69, 9.17) is 24.4 Å². The van der Waals surface area contributed by atoms with E-state index < -0.39 is 0 Å². The topological polar surface area (TPSA) is 82.0 Å². The lowest BCUT2D eigenvalue weighted by Crippen LogP contribution is -2.08. The number of aliphatic imine (C=N–C) groups is 1. The normalized spacial score (nSPS) is 15.3. The van der Waals surface area contributed by atoms with E-state index in [1.807, 2.05) is 78.5 Å². The van der Waals surface area contributed by atoms with Crippen molar-refractivity contribution < 1.29 is 4.42 Å². The molecule has 2 aliphatic rings. The Balaban J connectivity index is 0.935. The lowest BCUT2D eigenvalue weighted by molar-refractivity contribution is 0.602. The molecule has 0 spiro atoms. The van der Waals surface area contributed by atoms with Crippen molar-refractivity contribution >= 4 is 55.3 Å². The van der Waals surface area contributed by atoms with E-state index in [1.54, 1.807) is 0 Å². The lowest BCUT2D eigenvalue weighted by Gasteiger charge is -2.15. The average molecular weight is 727 g/mol. The minimum Gasteiger partial charge on any atom is -0.443 e. The number of nitrogens with zero attached hydrogens (tertiary/aromatic N) is 6. The minimum atomic E-state index is 0.241. The summed E-state index contributed by atoms with van der Waals surface area (Å²) < 4.78 is 7.83. The van der Waals surface area contributed by atoms with Gasteiger partial charge in [-0.25, -0.2) is 24.9 Å². The van der Waals surface area contributed by atoms with Crippen molar-refractivity contribution in [1.82, 2.24) is 24.5 Å². The van der Waals surface area contributed by atoms with Gasteiger partial charge in [-0.1, -0.05) is 121 Å². The molecule has 1 unspecified atom stereocenters. The van der Waals surface area contributed by atoms with E-state index in [0.29, 0.717) is 17.5 Å². The number of allylic oxidation sites excluding steroid dienone is 3. The number of hydrogen-bond acceptors (Lipinski definition) is 7. The molecule has 0 bridgehead atoms. The molecule has 4 heterocycles. The highest BCUT2D eigenvalue weighted by atomic mass is 32.2. The number of fused-ring (bicyclic) bond motifs is 5. The average Bonchev–Trinajstić information content (AvgIpc) is 3.99. The van der Waals surface area contributed by atoms with Gasteiger partial charge < -0.3 is 8.98 Å². The van der Waals surface area contributed by atoms with Gasteiger partial charge in [0.25, 0.3) is 0 Å². The standard InChI is InChI=1S/C47H30N6OS/c1-3-10-29(11-4-1)44-50-45(30-12-5-2-6-13-30)52-46(51-44)33-19-23-43-39(26-33)49-47(55-43)34-15-9-14-31(24-34)32-18-21-41-37(25-32)36-16-7-8-17-40(36)53(41)35-20-22-42-38(27-35)48-28-54-42/h1-22,24-28,43H,23H2. The van der Waals surface area contributed by atoms with E-state index in [0.717, 1.165) is 78.4 Å². The first-order valence-corrected chi connectivity index (χ1v) is 19.1. The molecule has 260 valence electrons. The summed E-state index contributed by atoms with van der Waals surface area (Å²) in [6.45, 7) is 0. The maximum atomic E-state index is 5.52. The molecule has 1 aliphatic carbocycles. The molecular weight excluding hydrogens is 697 g/mol. The highest BCUT2D eigenvalue weighted by Crippen LogP contribution is 2.41. The van der Waals surface area contributed by atoms with Crippen LogP contribution in [0, 0.1) is 0 Å². The maximum absolute atomic E-state index is 5.52. The fourth-order valence-corrected chi connectivity index (χ4v) is 8.76. The van der Waals surface area contributed by atoms with Crippen molar-refractivity contribution in [3.8, 4) is 39.6 Å². The van der Waals surface area contributed by atoms with E-state index in [2.05, 4.69) is 101 Å². The van der Waals surface area contributed by atoms with E-state index in [-0.39, 0.29) is 5.25 Å². The molecule has 8 heteroatoms. The largest absolute Gasteiger partial charge is 0.443 e. The molecule has 3 aromatic heterocycles. The second-order valence-electron chi connectivity index (χ2n) is 13.7. The summed E-state index contributed by atoms with van der Waals surface area (Å²) in [7, 11) is 0. The Hall–Kier alpha value is -6.90.